The van der Waals surface area contributed by atoms with E-state index in [1.807, 2.05) is 73.0 Å². The first-order chi connectivity index (χ1) is 16.1. The van der Waals surface area contributed by atoms with Crippen molar-refractivity contribution in [2.24, 2.45) is 0 Å². The number of hydrogen-bond donors (Lipinski definition) is 1. The molecule has 0 bridgehead atoms. The molecule has 1 aliphatic heterocycles. The number of ether oxygens (including phenoxy) is 2. The molecule has 1 N–H and O–H groups in total. The molecule has 1 aromatic heterocycles. The van der Waals surface area contributed by atoms with E-state index in [1.165, 1.54) is 11.8 Å². The van der Waals surface area contributed by atoms with Gasteiger partial charge in [-0.3, -0.25) is 4.79 Å². The zero-order valence-electron chi connectivity index (χ0n) is 18.9. The maximum absolute atomic E-state index is 12.5. The number of rotatable bonds is 9. The Kier molecular flexibility index (Phi) is 7.85. The summed E-state index contributed by atoms with van der Waals surface area (Å²) in [4.78, 5) is 14.8. The van der Waals surface area contributed by atoms with Crippen molar-refractivity contribution in [3.63, 3.8) is 0 Å². The lowest BCUT2D eigenvalue weighted by molar-refractivity contribution is -0.113. The highest BCUT2D eigenvalue weighted by Crippen LogP contribution is 2.25. The van der Waals surface area contributed by atoms with Gasteiger partial charge in [0, 0.05) is 31.0 Å². The third-order valence-electron chi connectivity index (χ3n) is 5.34. The highest BCUT2D eigenvalue weighted by molar-refractivity contribution is 7.99. The van der Waals surface area contributed by atoms with Crippen LogP contribution in [0.15, 0.2) is 59.8 Å². The summed E-state index contributed by atoms with van der Waals surface area (Å²) < 4.78 is 13.4. The van der Waals surface area contributed by atoms with E-state index < -0.39 is 0 Å². The fourth-order valence-electron chi connectivity index (χ4n) is 3.66. The summed E-state index contributed by atoms with van der Waals surface area (Å²) in [7, 11) is 0. The number of amides is 1. The minimum atomic E-state index is -0.256. The van der Waals surface area contributed by atoms with Gasteiger partial charge >= 0.3 is 0 Å². The highest BCUT2D eigenvalue weighted by Gasteiger charge is 2.19. The average molecular weight is 468 g/mol. The molecule has 0 spiro atoms. The van der Waals surface area contributed by atoms with Crippen molar-refractivity contribution in [3.05, 3.63) is 60.4 Å². The fourth-order valence-corrected chi connectivity index (χ4v) is 4.47. The first-order valence-corrected chi connectivity index (χ1v) is 12.1. The summed E-state index contributed by atoms with van der Waals surface area (Å²) in [5, 5.41) is 12.3. The Morgan fingerprint density at radius 1 is 1.12 bits per heavy atom. The standard InChI is InChI=1S/C24H29N5O3S/c1-3-29-23(18(2)32-21-7-5-4-6-8-21)26-27-24(29)33-17-22(30)25-19-9-11-20(12-10-19)28-13-15-31-16-14-28/h4-12,18H,3,13-17H2,1-2H3,(H,25,30)/t18-/m0/s1. The van der Waals surface area contributed by atoms with Crippen molar-refractivity contribution in [2.45, 2.75) is 31.7 Å². The molecule has 174 valence electrons. The summed E-state index contributed by atoms with van der Waals surface area (Å²) in [5.41, 5.74) is 1.92. The minimum Gasteiger partial charge on any atom is -0.483 e. The number of para-hydroxylation sites is 1. The molecule has 1 atom stereocenters. The number of anilines is 2. The van der Waals surface area contributed by atoms with E-state index in [0.717, 1.165) is 49.3 Å². The third kappa shape index (κ3) is 6.06. The second kappa shape index (κ2) is 11.2. The van der Waals surface area contributed by atoms with E-state index in [2.05, 4.69) is 20.4 Å². The molecular formula is C24H29N5O3S. The molecule has 0 aliphatic carbocycles. The van der Waals surface area contributed by atoms with Crippen LogP contribution in [0.2, 0.25) is 0 Å². The SMILES string of the molecule is CCn1c(SCC(=O)Nc2ccc(N3CCOCC3)cc2)nnc1[C@H](C)Oc1ccccc1. The van der Waals surface area contributed by atoms with E-state index >= 15 is 0 Å². The number of hydrogen-bond acceptors (Lipinski definition) is 7. The van der Waals surface area contributed by atoms with Crippen LogP contribution in [0.3, 0.4) is 0 Å². The molecule has 9 heteroatoms. The Morgan fingerprint density at radius 2 is 1.85 bits per heavy atom. The molecule has 1 amide bonds. The normalized spacial score (nSPS) is 14.7. The molecule has 2 heterocycles. The predicted molar refractivity (Wildman–Crippen MR) is 130 cm³/mol. The van der Waals surface area contributed by atoms with Gasteiger partial charge in [0.15, 0.2) is 17.1 Å². The highest BCUT2D eigenvalue weighted by atomic mass is 32.2. The van der Waals surface area contributed by atoms with Crippen LogP contribution in [0.1, 0.15) is 25.8 Å². The second-order valence-corrected chi connectivity index (χ2v) is 8.58. The number of benzene rings is 2. The van der Waals surface area contributed by atoms with Crippen LogP contribution in [0, 0.1) is 0 Å². The molecule has 1 fully saturated rings. The van der Waals surface area contributed by atoms with Crippen LogP contribution >= 0.6 is 11.8 Å². The lowest BCUT2D eigenvalue weighted by atomic mass is 10.2. The van der Waals surface area contributed by atoms with Crippen LogP contribution < -0.4 is 15.0 Å². The van der Waals surface area contributed by atoms with Crippen molar-refractivity contribution in [1.29, 1.82) is 0 Å². The number of carbonyl (C=O) groups excluding carboxylic acids is 1. The third-order valence-corrected chi connectivity index (χ3v) is 6.31. The van der Waals surface area contributed by atoms with Crippen molar-refractivity contribution in [1.82, 2.24) is 14.8 Å². The molecule has 33 heavy (non-hydrogen) atoms. The molecule has 1 saturated heterocycles. The molecule has 0 unspecified atom stereocenters. The van der Waals surface area contributed by atoms with E-state index in [1.54, 1.807) is 0 Å². The maximum atomic E-state index is 12.5. The van der Waals surface area contributed by atoms with Gasteiger partial charge in [0.1, 0.15) is 5.75 Å². The summed E-state index contributed by atoms with van der Waals surface area (Å²) in [6, 6.07) is 17.6. The van der Waals surface area contributed by atoms with Gasteiger partial charge in [0.2, 0.25) is 5.91 Å². The lowest BCUT2D eigenvalue weighted by Crippen LogP contribution is -2.36. The van der Waals surface area contributed by atoms with Gasteiger partial charge in [-0.1, -0.05) is 30.0 Å². The molecule has 1 aliphatic rings. The molecule has 2 aromatic carbocycles. The van der Waals surface area contributed by atoms with Gasteiger partial charge in [-0.2, -0.15) is 0 Å². The van der Waals surface area contributed by atoms with Crippen LogP contribution in [0.25, 0.3) is 0 Å². The summed E-state index contributed by atoms with van der Waals surface area (Å²) in [6.07, 6.45) is -0.256. The number of aromatic nitrogens is 3. The van der Waals surface area contributed by atoms with Crippen molar-refractivity contribution in [2.75, 3.05) is 42.3 Å². The Bertz CT molecular complexity index is 1040. The number of nitrogens with one attached hydrogen (secondary N) is 1. The minimum absolute atomic E-state index is 0.0834. The van der Waals surface area contributed by atoms with Crippen molar-refractivity contribution in [3.8, 4) is 5.75 Å². The van der Waals surface area contributed by atoms with Gasteiger partial charge in [0.05, 0.1) is 19.0 Å². The smallest absolute Gasteiger partial charge is 0.234 e. The van der Waals surface area contributed by atoms with Crippen LogP contribution in [-0.4, -0.2) is 52.7 Å². The van der Waals surface area contributed by atoms with Crippen molar-refractivity contribution < 1.29 is 14.3 Å². The first-order valence-electron chi connectivity index (χ1n) is 11.1. The Morgan fingerprint density at radius 3 is 2.55 bits per heavy atom. The monoisotopic (exact) mass is 467 g/mol. The van der Waals surface area contributed by atoms with Crippen LogP contribution in [0.4, 0.5) is 11.4 Å². The predicted octanol–water partition coefficient (Wildman–Crippen LogP) is 4.01. The lowest BCUT2D eigenvalue weighted by Gasteiger charge is -2.28. The van der Waals surface area contributed by atoms with Gasteiger partial charge in [-0.05, 0) is 50.2 Å². The van der Waals surface area contributed by atoms with E-state index in [-0.39, 0.29) is 17.8 Å². The summed E-state index contributed by atoms with van der Waals surface area (Å²) >= 11 is 1.37. The second-order valence-electron chi connectivity index (χ2n) is 7.64. The Balaban J connectivity index is 1.31. The Labute approximate surface area is 198 Å². The largest absolute Gasteiger partial charge is 0.483 e. The topological polar surface area (TPSA) is 81.5 Å². The number of morpholine rings is 1. The quantitative estimate of drug-likeness (QED) is 0.476. The fraction of sp³-hybridized carbons (Fsp3) is 0.375. The average Bonchev–Trinajstić information content (AvgIpc) is 3.27. The molecule has 4 rings (SSSR count). The zero-order chi connectivity index (χ0) is 23.0. The summed E-state index contributed by atoms with van der Waals surface area (Å²) in [6.45, 7) is 7.94. The number of nitrogens with zero attached hydrogens (tertiary/aromatic N) is 4. The molecule has 0 radical (unpaired) electrons. The summed E-state index contributed by atoms with van der Waals surface area (Å²) in [5.74, 6) is 1.68. The number of thioether (sulfide) groups is 1. The van der Waals surface area contributed by atoms with Crippen LogP contribution in [-0.2, 0) is 16.1 Å². The Hall–Kier alpha value is -3.04. The van der Waals surface area contributed by atoms with E-state index in [0.29, 0.717) is 11.7 Å². The molecule has 3 aromatic rings. The van der Waals surface area contributed by atoms with Gasteiger partial charge in [-0.25, -0.2) is 0 Å². The van der Waals surface area contributed by atoms with Gasteiger partial charge in [0.25, 0.3) is 0 Å². The molecular weight excluding hydrogens is 438 g/mol. The van der Waals surface area contributed by atoms with Gasteiger partial charge < -0.3 is 24.3 Å². The molecule has 0 saturated carbocycles. The zero-order valence-corrected chi connectivity index (χ0v) is 19.8. The maximum Gasteiger partial charge on any atom is 0.234 e. The molecule has 8 nitrogen and oxygen atoms in total. The van der Waals surface area contributed by atoms with Gasteiger partial charge in [-0.15, -0.1) is 10.2 Å². The van der Waals surface area contributed by atoms with E-state index in [9.17, 15) is 4.79 Å². The first kappa shape index (κ1) is 23.1. The number of carbonyl (C=O) groups is 1. The van der Waals surface area contributed by atoms with E-state index in [4.69, 9.17) is 9.47 Å². The van der Waals surface area contributed by atoms with Crippen molar-refractivity contribution >= 4 is 29.0 Å². The van der Waals surface area contributed by atoms with Crippen LogP contribution in [0.5, 0.6) is 5.75 Å².